The number of hydrogen-bond acceptors (Lipinski definition) is 1. The fourth-order valence-corrected chi connectivity index (χ4v) is 2.34. The molecule has 0 saturated carbocycles. The van der Waals surface area contributed by atoms with E-state index in [1.807, 2.05) is 0 Å². The van der Waals surface area contributed by atoms with Gasteiger partial charge in [0, 0.05) is 6.61 Å². The van der Waals surface area contributed by atoms with Gasteiger partial charge >= 0.3 is 0 Å². The first-order valence-electron chi connectivity index (χ1n) is 4.78. The van der Waals surface area contributed by atoms with E-state index in [-0.39, 0.29) is 0 Å². The zero-order chi connectivity index (χ0) is 8.43. The molecule has 0 aromatic carbocycles. The third-order valence-corrected chi connectivity index (χ3v) is 2.83. The van der Waals surface area contributed by atoms with Crippen molar-refractivity contribution >= 4 is 0 Å². The van der Waals surface area contributed by atoms with E-state index < -0.39 is 0 Å². The van der Waals surface area contributed by atoms with Crippen molar-refractivity contribution in [3.05, 3.63) is 0 Å². The molecular formula is C10H20O. The standard InChI is InChI=1S/C10H20O/c1-5-9-10(7(2)3)8(4)6-11-9/h7-10H,5-6H2,1-4H3. The largest absolute Gasteiger partial charge is 0.378 e. The third-order valence-electron chi connectivity index (χ3n) is 2.83. The maximum absolute atomic E-state index is 5.69. The van der Waals surface area contributed by atoms with Gasteiger partial charge in [-0.25, -0.2) is 0 Å². The van der Waals surface area contributed by atoms with Crippen molar-refractivity contribution in [2.45, 2.75) is 40.2 Å². The fraction of sp³-hybridized carbons (Fsp3) is 1.00. The maximum Gasteiger partial charge on any atom is 0.0606 e. The second-order valence-electron chi connectivity index (χ2n) is 4.08. The van der Waals surface area contributed by atoms with E-state index in [4.69, 9.17) is 4.74 Å². The Bertz CT molecular complexity index is 120. The number of hydrogen-bond donors (Lipinski definition) is 0. The van der Waals surface area contributed by atoms with Gasteiger partial charge in [0.25, 0.3) is 0 Å². The van der Waals surface area contributed by atoms with E-state index in [0.29, 0.717) is 6.10 Å². The molecule has 1 nitrogen and oxygen atoms in total. The van der Waals surface area contributed by atoms with Crippen molar-refractivity contribution in [2.75, 3.05) is 6.61 Å². The van der Waals surface area contributed by atoms with Crippen LogP contribution < -0.4 is 0 Å². The second kappa shape index (κ2) is 3.57. The van der Waals surface area contributed by atoms with E-state index >= 15 is 0 Å². The lowest BCUT2D eigenvalue weighted by Crippen LogP contribution is -2.23. The third kappa shape index (κ3) is 1.76. The van der Waals surface area contributed by atoms with Gasteiger partial charge < -0.3 is 4.74 Å². The molecule has 11 heavy (non-hydrogen) atoms. The molecule has 1 fully saturated rings. The highest BCUT2D eigenvalue weighted by molar-refractivity contribution is 4.82. The lowest BCUT2D eigenvalue weighted by atomic mass is 9.82. The molecule has 1 aliphatic heterocycles. The fourth-order valence-electron chi connectivity index (χ4n) is 2.34. The highest BCUT2D eigenvalue weighted by Gasteiger charge is 2.34. The van der Waals surface area contributed by atoms with E-state index in [9.17, 15) is 0 Å². The quantitative estimate of drug-likeness (QED) is 0.597. The predicted octanol–water partition coefficient (Wildman–Crippen LogP) is 2.70. The smallest absolute Gasteiger partial charge is 0.0606 e. The van der Waals surface area contributed by atoms with Gasteiger partial charge in [-0.1, -0.05) is 27.7 Å². The molecule has 0 aliphatic carbocycles. The van der Waals surface area contributed by atoms with Crippen molar-refractivity contribution in [1.29, 1.82) is 0 Å². The van der Waals surface area contributed by atoms with Crippen LogP contribution in [0.1, 0.15) is 34.1 Å². The minimum absolute atomic E-state index is 0.532. The first kappa shape index (κ1) is 9.05. The molecule has 0 aromatic heterocycles. The molecule has 3 unspecified atom stereocenters. The Morgan fingerprint density at radius 2 is 2.09 bits per heavy atom. The molecule has 0 spiro atoms. The molecule has 0 bridgehead atoms. The van der Waals surface area contributed by atoms with Crippen LogP contribution in [0.3, 0.4) is 0 Å². The van der Waals surface area contributed by atoms with Crippen LogP contribution in [0, 0.1) is 17.8 Å². The molecule has 1 saturated heterocycles. The molecule has 0 aromatic rings. The van der Waals surface area contributed by atoms with Gasteiger partial charge in [-0.3, -0.25) is 0 Å². The normalized spacial score (nSPS) is 38.5. The summed E-state index contributed by atoms with van der Waals surface area (Å²) in [6, 6.07) is 0. The van der Waals surface area contributed by atoms with Gasteiger partial charge in [-0.2, -0.15) is 0 Å². The van der Waals surface area contributed by atoms with Crippen LogP contribution in [0.4, 0.5) is 0 Å². The second-order valence-corrected chi connectivity index (χ2v) is 4.08. The maximum atomic E-state index is 5.69. The summed E-state index contributed by atoms with van der Waals surface area (Å²) < 4.78 is 5.69. The molecule has 3 atom stereocenters. The molecule has 0 amide bonds. The van der Waals surface area contributed by atoms with Crippen LogP contribution in [-0.2, 0) is 4.74 Å². The minimum atomic E-state index is 0.532. The lowest BCUT2D eigenvalue weighted by molar-refractivity contribution is 0.0765. The van der Waals surface area contributed by atoms with Crippen LogP contribution in [0.2, 0.25) is 0 Å². The first-order chi connectivity index (χ1) is 5.16. The Morgan fingerprint density at radius 3 is 2.45 bits per heavy atom. The summed E-state index contributed by atoms with van der Waals surface area (Å²) in [5.74, 6) is 2.33. The van der Waals surface area contributed by atoms with Crippen LogP contribution in [0.5, 0.6) is 0 Å². The monoisotopic (exact) mass is 156 g/mol. The predicted molar refractivity (Wildman–Crippen MR) is 47.5 cm³/mol. The topological polar surface area (TPSA) is 9.23 Å². The van der Waals surface area contributed by atoms with Crippen LogP contribution in [-0.4, -0.2) is 12.7 Å². The summed E-state index contributed by atoms with van der Waals surface area (Å²) in [6.45, 7) is 10.1. The first-order valence-corrected chi connectivity index (χ1v) is 4.78. The van der Waals surface area contributed by atoms with Crippen LogP contribution in [0.25, 0.3) is 0 Å². The summed E-state index contributed by atoms with van der Waals surface area (Å²) in [7, 11) is 0. The summed E-state index contributed by atoms with van der Waals surface area (Å²) >= 11 is 0. The van der Waals surface area contributed by atoms with Crippen LogP contribution >= 0.6 is 0 Å². The van der Waals surface area contributed by atoms with Gasteiger partial charge in [0.2, 0.25) is 0 Å². The molecule has 1 heterocycles. The summed E-state index contributed by atoms with van der Waals surface area (Å²) in [5.41, 5.74) is 0. The average Bonchev–Trinajstić information content (AvgIpc) is 2.30. The summed E-state index contributed by atoms with van der Waals surface area (Å²) in [5, 5.41) is 0. The zero-order valence-corrected chi connectivity index (χ0v) is 8.13. The van der Waals surface area contributed by atoms with E-state index in [1.54, 1.807) is 0 Å². The van der Waals surface area contributed by atoms with Crippen molar-refractivity contribution in [2.24, 2.45) is 17.8 Å². The molecule has 1 heteroatoms. The SMILES string of the molecule is CCC1OCC(C)C1C(C)C. The minimum Gasteiger partial charge on any atom is -0.378 e. The molecule has 1 aliphatic rings. The summed E-state index contributed by atoms with van der Waals surface area (Å²) in [4.78, 5) is 0. The van der Waals surface area contributed by atoms with E-state index in [2.05, 4.69) is 27.7 Å². The Kier molecular flexibility index (Phi) is 2.94. The lowest BCUT2D eigenvalue weighted by Gasteiger charge is -2.23. The van der Waals surface area contributed by atoms with E-state index in [1.165, 1.54) is 6.42 Å². The average molecular weight is 156 g/mol. The summed E-state index contributed by atoms with van der Waals surface area (Å²) in [6.07, 6.45) is 1.71. The van der Waals surface area contributed by atoms with Crippen molar-refractivity contribution < 1.29 is 4.74 Å². The van der Waals surface area contributed by atoms with Crippen molar-refractivity contribution in [1.82, 2.24) is 0 Å². The van der Waals surface area contributed by atoms with Gasteiger partial charge in [0.1, 0.15) is 0 Å². The van der Waals surface area contributed by atoms with Gasteiger partial charge in [0.05, 0.1) is 6.10 Å². The van der Waals surface area contributed by atoms with Crippen LogP contribution in [0.15, 0.2) is 0 Å². The molecule has 1 rings (SSSR count). The van der Waals surface area contributed by atoms with E-state index in [0.717, 1.165) is 24.4 Å². The van der Waals surface area contributed by atoms with Crippen molar-refractivity contribution in [3.8, 4) is 0 Å². The molecule has 0 N–H and O–H groups in total. The molecule has 66 valence electrons. The Morgan fingerprint density at radius 1 is 1.45 bits per heavy atom. The zero-order valence-electron chi connectivity index (χ0n) is 8.13. The van der Waals surface area contributed by atoms with Crippen molar-refractivity contribution in [3.63, 3.8) is 0 Å². The van der Waals surface area contributed by atoms with Gasteiger partial charge in [-0.05, 0) is 24.2 Å². The van der Waals surface area contributed by atoms with Gasteiger partial charge in [-0.15, -0.1) is 0 Å². The molecule has 0 radical (unpaired) electrons. The van der Waals surface area contributed by atoms with Gasteiger partial charge in [0.15, 0.2) is 0 Å². The number of ether oxygens (including phenoxy) is 1. The number of rotatable bonds is 2. The Hall–Kier alpha value is -0.0400. The highest BCUT2D eigenvalue weighted by Crippen LogP contribution is 2.34. The highest BCUT2D eigenvalue weighted by atomic mass is 16.5. The Balaban J connectivity index is 2.56. The molecular weight excluding hydrogens is 136 g/mol. The Labute approximate surface area is 70.1 Å².